The minimum atomic E-state index is -0.357. The maximum Gasteiger partial charge on any atom is 0.267 e. The van der Waals surface area contributed by atoms with Gasteiger partial charge in [0.05, 0.1) is 5.69 Å². The van der Waals surface area contributed by atoms with Gasteiger partial charge in [0, 0.05) is 41.3 Å². The van der Waals surface area contributed by atoms with Crippen LogP contribution in [0.5, 0.6) is 5.75 Å². The molecule has 0 saturated carbocycles. The van der Waals surface area contributed by atoms with E-state index in [-0.39, 0.29) is 18.0 Å². The molecule has 0 fully saturated rings. The fourth-order valence-electron chi connectivity index (χ4n) is 2.98. The summed E-state index contributed by atoms with van der Waals surface area (Å²) in [7, 11) is 0. The summed E-state index contributed by atoms with van der Waals surface area (Å²) in [6.07, 6.45) is 3.44. The number of aromatic nitrogens is 3. The lowest BCUT2D eigenvalue weighted by atomic mass is 10.1. The predicted octanol–water partition coefficient (Wildman–Crippen LogP) is 3.52. The van der Waals surface area contributed by atoms with Crippen LogP contribution in [0, 0.1) is 0 Å². The van der Waals surface area contributed by atoms with Crippen LogP contribution in [0.2, 0.25) is 0 Å². The van der Waals surface area contributed by atoms with E-state index in [0.29, 0.717) is 23.7 Å². The topological polar surface area (TPSA) is 86.1 Å². The fourth-order valence-corrected chi connectivity index (χ4v) is 2.98. The molecule has 0 aliphatic heterocycles. The highest BCUT2D eigenvalue weighted by Crippen LogP contribution is 2.19. The molecule has 0 aliphatic carbocycles. The highest BCUT2D eigenvalue weighted by atomic mass is 16.5. The second-order valence-corrected chi connectivity index (χ2v) is 6.81. The predicted molar refractivity (Wildman–Crippen MR) is 118 cm³/mol. The van der Waals surface area contributed by atoms with Crippen molar-refractivity contribution < 1.29 is 9.53 Å². The van der Waals surface area contributed by atoms with Crippen molar-refractivity contribution in [1.82, 2.24) is 14.8 Å². The monoisotopic (exact) mass is 412 g/mol. The van der Waals surface area contributed by atoms with Crippen molar-refractivity contribution in [3.63, 3.8) is 0 Å². The summed E-state index contributed by atoms with van der Waals surface area (Å²) in [4.78, 5) is 28.7. The molecule has 7 heteroatoms. The number of pyridine rings is 1. The lowest BCUT2D eigenvalue weighted by Gasteiger charge is -2.10. The van der Waals surface area contributed by atoms with Gasteiger partial charge >= 0.3 is 0 Å². The Labute approximate surface area is 179 Å². The third kappa shape index (κ3) is 5.42. The quantitative estimate of drug-likeness (QED) is 0.502. The first-order valence-corrected chi connectivity index (χ1v) is 9.72. The van der Waals surface area contributed by atoms with Crippen molar-refractivity contribution in [3.05, 3.63) is 107 Å². The Balaban J connectivity index is 1.41. The summed E-state index contributed by atoms with van der Waals surface area (Å²) in [5.74, 6) is 0.257. The van der Waals surface area contributed by atoms with E-state index in [1.807, 2.05) is 42.5 Å². The standard InChI is InChI=1S/C24H20N4O3/c29-23(16-28-24(30)12-11-22(27-28)19-7-2-1-3-8-19)26-20-9-4-10-21(14-20)31-17-18-6-5-13-25-15-18/h1-15H,16-17H2,(H,26,29). The number of carbonyl (C=O) groups is 1. The van der Waals surface area contributed by atoms with Gasteiger partial charge in [-0.05, 0) is 24.3 Å². The number of nitrogens with one attached hydrogen (secondary N) is 1. The molecular weight excluding hydrogens is 392 g/mol. The molecule has 0 atom stereocenters. The zero-order chi connectivity index (χ0) is 21.5. The molecule has 2 heterocycles. The summed E-state index contributed by atoms with van der Waals surface area (Å²) >= 11 is 0. The van der Waals surface area contributed by atoms with Crippen molar-refractivity contribution in [2.24, 2.45) is 0 Å². The molecule has 2 aromatic carbocycles. The van der Waals surface area contributed by atoms with E-state index >= 15 is 0 Å². The smallest absolute Gasteiger partial charge is 0.267 e. The number of carbonyl (C=O) groups excluding carboxylic acids is 1. The van der Waals surface area contributed by atoms with Crippen LogP contribution in [0.1, 0.15) is 5.56 Å². The fraction of sp³-hybridized carbons (Fsp3) is 0.0833. The third-order valence-electron chi connectivity index (χ3n) is 4.48. The molecule has 1 N–H and O–H groups in total. The summed E-state index contributed by atoms with van der Waals surface area (Å²) in [5.41, 5.74) is 2.67. The van der Waals surface area contributed by atoms with Crippen molar-refractivity contribution in [3.8, 4) is 17.0 Å². The maximum absolute atomic E-state index is 12.5. The van der Waals surface area contributed by atoms with Crippen LogP contribution in [0.4, 0.5) is 5.69 Å². The van der Waals surface area contributed by atoms with Crippen LogP contribution in [0.15, 0.2) is 96.1 Å². The third-order valence-corrected chi connectivity index (χ3v) is 4.48. The lowest BCUT2D eigenvalue weighted by Crippen LogP contribution is -2.29. The summed E-state index contributed by atoms with van der Waals surface area (Å²) in [5, 5.41) is 7.10. The van der Waals surface area contributed by atoms with Crippen molar-refractivity contribution in [2.75, 3.05) is 5.32 Å². The van der Waals surface area contributed by atoms with Gasteiger partial charge in [-0.3, -0.25) is 14.6 Å². The molecule has 0 unspecified atom stereocenters. The van der Waals surface area contributed by atoms with E-state index < -0.39 is 0 Å². The molecule has 0 saturated heterocycles. The van der Waals surface area contributed by atoms with Crippen LogP contribution in [0.25, 0.3) is 11.3 Å². The normalized spacial score (nSPS) is 10.5. The highest BCUT2D eigenvalue weighted by Gasteiger charge is 2.09. The first kappa shape index (κ1) is 20.0. The average Bonchev–Trinajstić information content (AvgIpc) is 2.81. The van der Waals surface area contributed by atoms with Gasteiger partial charge in [0.1, 0.15) is 18.9 Å². The molecule has 0 bridgehead atoms. The van der Waals surface area contributed by atoms with Gasteiger partial charge in [-0.25, -0.2) is 4.68 Å². The van der Waals surface area contributed by atoms with Crippen LogP contribution in [0.3, 0.4) is 0 Å². The molecule has 4 aromatic rings. The zero-order valence-electron chi connectivity index (χ0n) is 16.6. The van der Waals surface area contributed by atoms with Crippen molar-refractivity contribution in [1.29, 1.82) is 0 Å². The number of benzene rings is 2. The minimum absolute atomic E-state index is 0.194. The molecule has 4 rings (SSSR count). The van der Waals surface area contributed by atoms with Gasteiger partial charge in [-0.15, -0.1) is 0 Å². The average molecular weight is 412 g/mol. The SMILES string of the molecule is O=C(Cn1nc(-c2ccccc2)ccc1=O)Nc1cccc(OCc2cccnc2)c1. The van der Waals surface area contributed by atoms with E-state index in [2.05, 4.69) is 15.4 Å². The molecule has 2 aromatic heterocycles. The number of amides is 1. The highest BCUT2D eigenvalue weighted by molar-refractivity contribution is 5.90. The molecule has 0 aliphatic rings. The molecular formula is C24H20N4O3. The molecule has 1 amide bonds. The van der Waals surface area contributed by atoms with Crippen molar-refractivity contribution in [2.45, 2.75) is 13.2 Å². The van der Waals surface area contributed by atoms with Gasteiger partial charge in [0.2, 0.25) is 5.91 Å². The van der Waals surface area contributed by atoms with Gasteiger partial charge in [-0.1, -0.05) is 42.5 Å². The maximum atomic E-state index is 12.5. The Bertz CT molecular complexity index is 1220. The summed E-state index contributed by atoms with van der Waals surface area (Å²) in [6, 6.07) is 23.4. The van der Waals surface area contributed by atoms with E-state index in [9.17, 15) is 9.59 Å². The number of rotatable bonds is 7. The first-order valence-electron chi connectivity index (χ1n) is 9.72. The van der Waals surface area contributed by atoms with E-state index in [0.717, 1.165) is 15.8 Å². The van der Waals surface area contributed by atoms with Crippen LogP contribution in [-0.2, 0) is 17.9 Å². The Hall–Kier alpha value is -4.26. The van der Waals surface area contributed by atoms with Crippen LogP contribution >= 0.6 is 0 Å². The first-order chi connectivity index (χ1) is 15.2. The Morgan fingerprint density at radius 2 is 1.84 bits per heavy atom. The number of nitrogens with zero attached hydrogens (tertiary/aromatic N) is 3. The van der Waals surface area contributed by atoms with Gasteiger partial charge in [0.15, 0.2) is 0 Å². The molecule has 0 radical (unpaired) electrons. The van der Waals surface area contributed by atoms with Crippen LogP contribution in [-0.4, -0.2) is 20.7 Å². The second kappa shape index (κ2) is 9.49. The van der Waals surface area contributed by atoms with Crippen molar-refractivity contribution >= 4 is 11.6 Å². The van der Waals surface area contributed by atoms with Gasteiger partial charge < -0.3 is 10.1 Å². The number of ether oxygens (including phenoxy) is 1. The largest absolute Gasteiger partial charge is 0.489 e. The van der Waals surface area contributed by atoms with E-state index in [1.165, 1.54) is 6.07 Å². The Morgan fingerprint density at radius 1 is 0.968 bits per heavy atom. The van der Waals surface area contributed by atoms with E-state index in [1.54, 1.807) is 42.7 Å². The number of hydrogen-bond donors (Lipinski definition) is 1. The summed E-state index contributed by atoms with van der Waals surface area (Å²) in [6.45, 7) is 0.178. The lowest BCUT2D eigenvalue weighted by molar-refractivity contribution is -0.117. The zero-order valence-corrected chi connectivity index (χ0v) is 16.6. The second-order valence-electron chi connectivity index (χ2n) is 6.81. The van der Waals surface area contributed by atoms with Gasteiger partial charge in [0.25, 0.3) is 5.56 Å². The minimum Gasteiger partial charge on any atom is -0.489 e. The molecule has 0 spiro atoms. The molecule has 31 heavy (non-hydrogen) atoms. The summed E-state index contributed by atoms with van der Waals surface area (Å²) < 4.78 is 6.91. The molecule has 154 valence electrons. The number of hydrogen-bond acceptors (Lipinski definition) is 5. The Kier molecular flexibility index (Phi) is 6.13. The van der Waals surface area contributed by atoms with Gasteiger partial charge in [-0.2, -0.15) is 5.10 Å². The molecule has 7 nitrogen and oxygen atoms in total. The van der Waals surface area contributed by atoms with E-state index in [4.69, 9.17) is 4.74 Å². The van der Waals surface area contributed by atoms with Crippen LogP contribution < -0.4 is 15.6 Å². The Morgan fingerprint density at radius 3 is 2.65 bits per heavy atom. The number of anilines is 1.